The van der Waals surface area contributed by atoms with Gasteiger partial charge in [0, 0.05) is 25.7 Å². The van der Waals surface area contributed by atoms with Crippen LogP contribution in [-0.4, -0.2) is 37.6 Å². The van der Waals surface area contributed by atoms with Crippen molar-refractivity contribution in [1.29, 1.82) is 0 Å². The Morgan fingerprint density at radius 3 is 2.65 bits per heavy atom. The van der Waals surface area contributed by atoms with E-state index in [-0.39, 0.29) is 16.6 Å². The fourth-order valence-corrected chi connectivity index (χ4v) is 3.77. The fraction of sp³-hybridized carbons (Fsp3) is 0.235. The highest BCUT2D eigenvalue weighted by Crippen LogP contribution is 2.30. The highest BCUT2D eigenvalue weighted by atomic mass is 32.2. The second-order valence-electron chi connectivity index (χ2n) is 5.79. The van der Waals surface area contributed by atoms with E-state index in [1.807, 2.05) is 0 Å². The third kappa shape index (κ3) is 3.67. The minimum absolute atomic E-state index is 0.0575. The molecule has 1 aromatic heterocycles. The second kappa shape index (κ2) is 7.12. The molecule has 1 aliphatic heterocycles. The van der Waals surface area contributed by atoms with Gasteiger partial charge in [-0.2, -0.15) is 0 Å². The van der Waals surface area contributed by atoms with E-state index in [4.69, 9.17) is 0 Å². The van der Waals surface area contributed by atoms with Gasteiger partial charge in [0.25, 0.3) is 10.0 Å². The van der Waals surface area contributed by atoms with Crippen molar-refractivity contribution >= 4 is 33.3 Å². The van der Waals surface area contributed by atoms with Gasteiger partial charge in [-0.15, -0.1) is 16.8 Å². The molecule has 0 bridgehead atoms. The van der Waals surface area contributed by atoms with Crippen molar-refractivity contribution in [2.45, 2.75) is 18.2 Å². The normalized spacial score (nSPS) is 13.2. The predicted molar refractivity (Wildman–Crippen MR) is 99.7 cm³/mol. The Balaban J connectivity index is 1.78. The van der Waals surface area contributed by atoms with Gasteiger partial charge in [-0.1, -0.05) is 6.08 Å². The highest BCUT2D eigenvalue weighted by molar-refractivity contribution is 7.92. The maximum atomic E-state index is 12.6. The molecule has 26 heavy (non-hydrogen) atoms. The lowest BCUT2D eigenvalue weighted by Crippen LogP contribution is -2.25. The lowest BCUT2D eigenvalue weighted by atomic mass is 10.2. The maximum Gasteiger partial charge on any atom is 0.263 e. The van der Waals surface area contributed by atoms with Crippen LogP contribution in [0.15, 0.2) is 47.9 Å². The first-order chi connectivity index (χ1) is 12.4. The Morgan fingerprint density at radius 2 is 2.00 bits per heavy atom. The van der Waals surface area contributed by atoms with E-state index in [1.54, 1.807) is 29.2 Å². The van der Waals surface area contributed by atoms with Crippen molar-refractivity contribution in [2.24, 2.45) is 0 Å². The third-order valence-electron chi connectivity index (χ3n) is 3.97. The SMILES string of the molecule is C=CCNc1ccc(NS(=O)(=O)c2ccc3c(c2)CCN3C(C)=O)nn1. The lowest BCUT2D eigenvalue weighted by Gasteiger charge is -2.15. The van der Waals surface area contributed by atoms with Crippen LogP contribution < -0.4 is 14.9 Å². The molecule has 2 N–H and O–H groups in total. The molecule has 0 fully saturated rings. The Hall–Kier alpha value is -2.94. The Labute approximate surface area is 152 Å². The van der Waals surface area contributed by atoms with Gasteiger partial charge in [-0.3, -0.25) is 9.52 Å². The zero-order valence-corrected chi connectivity index (χ0v) is 15.1. The van der Waals surface area contributed by atoms with Crippen LogP contribution in [0.2, 0.25) is 0 Å². The standard InChI is InChI=1S/C17H19N5O3S/c1-3-9-18-16-6-7-17(20-19-16)21-26(24,25)14-4-5-15-13(11-14)8-10-22(15)12(2)23/h3-7,11H,1,8-10H2,2H3,(H,18,19)(H,20,21). The molecule has 2 heterocycles. The molecule has 0 spiro atoms. The molecule has 1 amide bonds. The summed E-state index contributed by atoms with van der Waals surface area (Å²) in [6.07, 6.45) is 2.31. The Kier molecular flexibility index (Phi) is 4.90. The number of hydrogen-bond acceptors (Lipinski definition) is 6. The fourth-order valence-electron chi connectivity index (χ4n) is 2.73. The van der Waals surface area contributed by atoms with Crippen molar-refractivity contribution in [1.82, 2.24) is 10.2 Å². The van der Waals surface area contributed by atoms with Gasteiger partial charge in [0.1, 0.15) is 5.82 Å². The first-order valence-electron chi connectivity index (χ1n) is 8.03. The summed E-state index contributed by atoms with van der Waals surface area (Å²) >= 11 is 0. The number of rotatable bonds is 6. The van der Waals surface area contributed by atoms with Gasteiger partial charge < -0.3 is 10.2 Å². The summed E-state index contributed by atoms with van der Waals surface area (Å²) in [7, 11) is -3.79. The van der Waals surface area contributed by atoms with Crippen LogP contribution in [0.4, 0.5) is 17.3 Å². The van der Waals surface area contributed by atoms with Crippen LogP contribution in [0.5, 0.6) is 0 Å². The smallest absolute Gasteiger partial charge is 0.263 e. The summed E-state index contributed by atoms with van der Waals surface area (Å²) in [6, 6.07) is 7.89. The Morgan fingerprint density at radius 1 is 1.27 bits per heavy atom. The van der Waals surface area contributed by atoms with E-state index >= 15 is 0 Å². The predicted octanol–water partition coefficient (Wildman–Crippen LogP) is 1.78. The van der Waals surface area contributed by atoms with Crippen molar-refractivity contribution in [3.63, 3.8) is 0 Å². The van der Waals surface area contributed by atoms with Crippen LogP contribution in [-0.2, 0) is 21.2 Å². The number of nitrogens with one attached hydrogen (secondary N) is 2. The van der Waals surface area contributed by atoms with Crippen LogP contribution in [0, 0.1) is 0 Å². The molecular weight excluding hydrogens is 354 g/mol. The van der Waals surface area contributed by atoms with Gasteiger partial charge in [-0.05, 0) is 42.3 Å². The molecule has 0 unspecified atom stereocenters. The summed E-state index contributed by atoms with van der Waals surface area (Å²) < 4.78 is 27.6. The zero-order valence-electron chi connectivity index (χ0n) is 14.3. The Bertz CT molecular complexity index is 941. The van der Waals surface area contributed by atoms with E-state index in [0.717, 1.165) is 11.3 Å². The van der Waals surface area contributed by atoms with E-state index < -0.39 is 10.0 Å². The molecule has 0 aliphatic carbocycles. The number of hydrogen-bond donors (Lipinski definition) is 2. The molecule has 1 aromatic carbocycles. The van der Waals surface area contributed by atoms with Gasteiger partial charge in [-0.25, -0.2) is 8.42 Å². The minimum Gasteiger partial charge on any atom is -0.365 e. The zero-order chi connectivity index (χ0) is 18.7. The number of aromatic nitrogens is 2. The largest absolute Gasteiger partial charge is 0.365 e. The van der Waals surface area contributed by atoms with Gasteiger partial charge >= 0.3 is 0 Å². The van der Waals surface area contributed by atoms with E-state index in [1.165, 1.54) is 19.1 Å². The highest BCUT2D eigenvalue weighted by Gasteiger charge is 2.25. The number of sulfonamides is 1. The lowest BCUT2D eigenvalue weighted by molar-refractivity contribution is -0.116. The summed E-state index contributed by atoms with van der Waals surface area (Å²) in [5, 5.41) is 10.7. The summed E-state index contributed by atoms with van der Waals surface area (Å²) in [5.41, 5.74) is 1.59. The second-order valence-corrected chi connectivity index (χ2v) is 7.47. The van der Waals surface area contributed by atoms with Crippen molar-refractivity contribution in [3.8, 4) is 0 Å². The molecule has 0 atom stereocenters. The molecule has 9 heteroatoms. The number of fused-ring (bicyclic) bond motifs is 1. The minimum atomic E-state index is -3.79. The van der Waals surface area contributed by atoms with E-state index in [0.29, 0.717) is 25.3 Å². The molecule has 8 nitrogen and oxygen atoms in total. The number of carbonyl (C=O) groups is 1. The van der Waals surface area contributed by atoms with Crippen LogP contribution >= 0.6 is 0 Å². The number of anilines is 3. The number of nitrogens with zero attached hydrogens (tertiary/aromatic N) is 3. The monoisotopic (exact) mass is 373 g/mol. The summed E-state index contributed by atoms with van der Waals surface area (Å²) in [5.74, 6) is 0.590. The van der Waals surface area contributed by atoms with Crippen molar-refractivity contribution in [3.05, 3.63) is 48.6 Å². The van der Waals surface area contributed by atoms with Crippen LogP contribution in [0.25, 0.3) is 0 Å². The quantitative estimate of drug-likeness (QED) is 0.748. The first kappa shape index (κ1) is 17.9. The molecule has 2 aromatic rings. The average Bonchev–Trinajstić information content (AvgIpc) is 3.04. The molecule has 136 valence electrons. The van der Waals surface area contributed by atoms with E-state index in [2.05, 4.69) is 26.8 Å². The third-order valence-corrected chi connectivity index (χ3v) is 5.32. The molecule has 1 aliphatic rings. The van der Waals surface area contributed by atoms with Crippen LogP contribution in [0.3, 0.4) is 0 Å². The summed E-state index contributed by atoms with van der Waals surface area (Å²) in [6.45, 7) is 6.18. The molecule has 0 saturated carbocycles. The van der Waals surface area contributed by atoms with Gasteiger partial charge in [0.15, 0.2) is 5.82 Å². The topological polar surface area (TPSA) is 104 Å². The number of amides is 1. The number of benzene rings is 1. The molecular formula is C17H19N5O3S. The average molecular weight is 373 g/mol. The molecule has 0 radical (unpaired) electrons. The van der Waals surface area contributed by atoms with Gasteiger partial charge in [0.2, 0.25) is 5.91 Å². The van der Waals surface area contributed by atoms with E-state index in [9.17, 15) is 13.2 Å². The maximum absolute atomic E-state index is 12.6. The first-order valence-corrected chi connectivity index (χ1v) is 9.51. The molecule has 0 saturated heterocycles. The molecule has 3 rings (SSSR count). The van der Waals surface area contributed by atoms with Crippen molar-refractivity contribution in [2.75, 3.05) is 28.0 Å². The van der Waals surface area contributed by atoms with Crippen molar-refractivity contribution < 1.29 is 13.2 Å². The number of carbonyl (C=O) groups excluding carboxylic acids is 1. The van der Waals surface area contributed by atoms with Gasteiger partial charge in [0.05, 0.1) is 4.90 Å². The summed E-state index contributed by atoms with van der Waals surface area (Å²) in [4.78, 5) is 13.4. The van der Waals surface area contributed by atoms with Crippen LogP contribution in [0.1, 0.15) is 12.5 Å².